The summed E-state index contributed by atoms with van der Waals surface area (Å²) in [6.45, 7) is 3.01. The Morgan fingerprint density at radius 3 is 2.86 bits per heavy atom. The van der Waals surface area contributed by atoms with Gasteiger partial charge in [0.1, 0.15) is 0 Å². The van der Waals surface area contributed by atoms with Crippen molar-refractivity contribution in [3.05, 3.63) is 29.3 Å². The first-order valence-corrected chi connectivity index (χ1v) is 8.34. The highest BCUT2D eigenvalue weighted by Crippen LogP contribution is 2.17. The van der Waals surface area contributed by atoms with Crippen molar-refractivity contribution >= 4 is 16.0 Å². The fraction of sp³-hybridized carbons (Fsp3) is 0.500. The second-order valence-electron chi connectivity index (χ2n) is 5.11. The Hall–Kier alpha value is -1.44. The molecule has 1 atom stereocenters. The maximum absolute atomic E-state index is 12.3. The highest BCUT2D eigenvalue weighted by molar-refractivity contribution is 7.89. The van der Waals surface area contributed by atoms with Crippen LogP contribution in [0.25, 0.3) is 0 Å². The molecule has 0 aliphatic carbocycles. The number of hydrogen-bond acceptors (Lipinski definition) is 5. The van der Waals surface area contributed by atoms with Crippen molar-refractivity contribution in [1.29, 1.82) is 0 Å². The minimum absolute atomic E-state index is 0.0755. The van der Waals surface area contributed by atoms with Gasteiger partial charge in [-0.25, -0.2) is 17.9 Å². The molecule has 1 aromatic carbocycles. The van der Waals surface area contributed by atoms with Gasteiger partial charge in [-0.1, -0.05) is 6.07 Å². The van der Waals surface area contributed by atoms with E-state index < -0.39 is 16.0 Å². The molecular formula is C14H20N2O4S. The molecule has 0 radical (unpaired) electrons. The maximum atomic E-state index is 12.3. The fourth-order valence-electron chi connectivity index (χ4n) is 2.32. The van der Waals surface area contributed by atoms with Crippen LogP contribution in [0.2, 0.25) is 0 Å². The molecule has 1 saturated heterocycles. The van der Waals surface area contributed by atoms with Gasteiger partial charge in [-0.15, -0.1) is 0 Å². The number of esters is 1. The number of methoxy groups -OCH3 is 1. The van der Waals surface area contributed by atoms with E-state index in [0.717, 1.165) is 19.4 Å². The van der Waals surface area contributed by atoms with Crippen molar-refractivity contribution < 1.29 is 17.9 Å². The smallest absolute Gasteiger partial charge is 0.338 e. The van der Waals surface area contributed by atoms with Gasteiger partial charge in [0.05, 0.1) is 17.6 Å². The number of carbonyl (C=O) groups is 1. The van der Waals surface area contributed by atoms with E-state index in [9.17, 15) is 13.2 Å². The third-order valence-corrected chi connectivity index (χ3v) is 5.03. The minimum Gasteiger partial charge on any atom is -0.465 e. The molecule has 1 aliphatic heterocycles. The number of ether oxygens (including phenoxy) is 1. The van der Waals surface area contributed by atoms with Gasteiger partial charge in [-0.3, -0.25) is 0 Å². The number of nitrogens with one attached hydrogen (secondary N) is 2. The fourth-order valence-corrected chi connectivity index (χ4v) is 3.43. The lowest BCUT2D eigenvalue weighted by molar-refractivity contribution is 0.0599. The van der Waals surface area contributed by atoms with Crippen molar-refractivity contribution in [2.45, 2.75) is 30.7 Å². The Morgan fingerprint density at radius 1 is 1.48 bits per heavy atom. The van der Waals surface area contributed by atoms with Gasteiger partial charge in [0.25, 0.3) is 0 Å². The van der Waals surface area contributed by atoms with E-state index in [0.29, 0.717) is 12.1 Å². The molecule has 0 spiro atoms. The summed E-state index contributed by atoms with van der Waals surface area (Å²) in [6, 6.07) is 4.62. The van der Waals surface area contributed by atoms with E-state index in [1.54, 1.807) is 13.0 Å². The molecule has 0 bridgehead atoms. The zero-order valence-electron chi connectivity index (χ0n) is 12.2. The molecule has 1 fully saturated rings. The monoisotopic (exact) mass is 312 g/mol. The van der Waals surface area contributed by atoms with Crippen LogP contribution in [0.5, 0.6) is 0 Å². The Balaban J connectivity index is 2.17. The van der Waals surface area contributed by atoms with Gasteiger partial charge in [0, 0.05) is 12.6 Å². The number of carbonyl (C=O) groups excluding carboxylic acids is 1. The van der Waals surface area contributed by atoms with Gasteiger partial charge in [0.15, 0.2) is 0 Å². The molecule has 6 nitrogen and oxygen atoms in total. The van der Waals surface area contributed by atoms with E-state index >= 15 is 0 Å². The van der Waals surface area contributed by atoms with Crippen LogP contribution in [0.4, 0.5) is 0 Å². The largest absolute Gasteiger partial charge is 0.465 e. The lowest BCUT2D eigenvalue weighted by Crippen LogP contribution is -2.37. The van der Waals surface area contributed by atoms with Crippen molar-refractivity contribution in [1.82, 2.24) is 10.0 Å². The average Bonchev–Trinajstić information content (AvgIpc) is 2.98. The molecule has 0 saturated carbocycles. The number of hydrogen-bond donors (Lipinski definition) is 2. The summed E-state index contributed by atoms with van der Waals surface area (Å²) < 4.78 is 31.8. The molecule has 21 heavy (non-hydrogen) atoms. The van der Waals surface area contributed by atoms with Gasteiger partial charge in [-0.2, -0.15) is 0 Å². The van der Waals surface area contributed by atoms with Crippen LogP contribution in [0.3, 0.4) is 0 Å². The molecule has 7 heteroatoms. The molecule has 1 heterocycles. The zero-order chi connectivity index (χ0) is 15.5. The molecule has 0 amide bonds. The molecule has 1 unspecified atom stereocenters. The Labute approximate surface area is 124 Å². The Morgan fingerprint density at radius 2 is 2.24 bits per heavy atom. The molecule has 116 valence electrons. The van der Waals surface area contributed by atoms with Crippen molar-refractivity contribution in [2.75, 3.05) is 20.2 Å². The lowest BCUT2D eigenvalue weighted by Gasteiger charge is -2.13. The predicted octanol–water partition coefficient (Wildman–Crippen LogP) is 0.812. The lowest BCUT2D eigenvalue weighted by atomic mass is 10.1. The standard InChI is InChI=1S/C14H20N2O4S/c1-10-5-6-12(8-13(10)14(17)20-2)21(18,19)16-9-11-4-3-7-15-11/h5-6,8,11,15-16H,3-4,7,9H2,1-2H3. The summed E-state index contributed by atoms with van der Waals surface area (Å²) >= 11 is 0. The first-order chi connectivity index (χ1) is 9.94. The van der Waals surface area contributed by atoms with Gasteiger partial charge >= 0.3 is 5.97 Å². The third kappa shape index (κ3) is 3.81. The SMILES string of the molecule is COC(=O)c1cc(S(=O)(=O)NCC2CCCN2)ccc1C. The van der Waals surface area contributed by atoms with Crippen molar-refractivity contribution in [2.24, 2.45) is 0 Å². The summed E-state index contributed by atoms with van der Waals surface area (Å²) in [6.07, 6.45) is 2.02. The summed E-state index contributed by atoms with van der Waals surface area (Å²) in [4.78, 5) is 11.7. The highest BCUT2D eigenvalue weighted by Gasteiger charge is 2.21. The van der Waals surface area contributed by atoms with E-state index in [2.05, 4.69) is 14.8 Å². The zero-order valence-corrected chi connectivity index (χ0v) is 13.0. The number of benzene rings is 1. The van der Waals surface area contributed by atoms with Gasteiger partial charge < -0.3 is 10.1 Å². The number of aryl methyl sites for hydroxylation is 1. The summed E-state index contributed by atoms with van der Waals surface area (Å²) in [5.41, 5.74) is 0.942. The quantitative estimate of drug-likeness (QED) is 0.786. The first kappa shape index (κ1) is 15.9. The summed E-state index contributed by atoms with van der Waals surface area (Å²) in [5.74, 6) is -0.540. The van der Waals surface area contributed by atoms with E-state index in [1.165, 1.54) is 19.2 Å². The second kappa shape index (κ2) is 6.55. The summed E-state index contributed by atoms with van der Waals surface area (Å²) in [5, 5.41) is 3.23. The molecule has 0 aromatic heterocycles. The molecule has 1 aliphatic rings. The minimum atomic E-state index is -3.63. The van der Waals surface area contributed by atoms with E-state index in [-0.39, 0.29) is 16.5 Å². The number of rotatable bonds is 5. The molecule has 1 aromatic rings. The molecule has 2 N–H and O–H groups in total. The predicted molar refractivity (Wildman–Crippen MR) is 78.7 cm³/mol. The Bertz CT molecular complexity index is 622. The Kier molecular flexibility index (Phi) is 4.97. The van der Waals surface area contributed by atoms with E-state index in [4.69, 9.17) is 0 Å². The van der Waals surface area contributed by atoms with Crippen LogP contribution < -0.4 is 10.0 Å². The van der Waals surface area contributed by atoms with Crippen molar-refractivity contribution in [3.63, 3.8) is 0 Å². The van der Waals surface area contributed by atoms with Gasteiger partial charge in [0.2, 0.25) is 10.0 Å². The molecule has 2 rings (SSSR count). The third-order valence-electron chi connectivity index (χ3n) is 3.61. The normalized spacial score (nSPS) is 18.7. The van der Waals surface area contributed by atoms with Crippen LogP contribution in [0.1, 0.15) is 28.8 Å². The second-order valence-corrected chi connectivity index (χ2v) is 6.88. The van der Waals surface area contributed by atoms with Crippen molar-refractivity contribution in [3.8, 4) is 0 Å². The van der Waals surface area contributed by atoms with Crippen LogP contribution in [-0.2, 0) is 14.8 Å². The molecular weight excluding hydrogens is 292 g/mol. The maximum Gasteiger partial charge on any atom is 0.338 e. The highest BCUT2D eigenvalue weighted by atomic mass is 32.2. The van der Waals surface area contributed by atoms with Gasteiger partial charge in [-0.05, 0) is 44.0 Å². The van der Waals surface area contributed by atoms with Crippen LogP contribution in [0, 0.1) is 6.92 Å². The van der Waals surface area contributed by atoms with Crippen LogP contribution >= 0.6 is 0 Å². The number of sulfonamides is 1. The first-order valence-electron chi connectivity index (χ1n) is 6.86. The average molecular weight is 312 g/mol. The van der Waals surface area contributed by atoms with E-state index in [1.807, 2.05) is 0 Å². The van der Waals surface area contributed by atoms with Crippen LogP contribution in [-0.4, -0.2) is 40.6 Å². The summed E-state index contributed by atoms with van der Waals surface area (Å²) in [7, 11) is -2.36. The van der Waals surface area contributed by atoms with Crippen LogP contribution in [0.15, 0.2) is 23.1 Å². The topological polar surface area (TPSA) is 84.5 Å².